The molecule has 7 heteroatoms. The largest absolute Gasteiger partial charge is 0.325 e. The summed E-state index contributed by atoms with van der Waals surface area (Å²) in [6.07, 6.45) is 1.37. The van der Waals surface area contributed by atoms with E-state index in [1.165, 1.54) is 0 Å². The highest BCUT2D eigenvalue weighted by Crippen LogP contribution is 2.15. The van der Waals surface area contributed by atoms with Gasteiger partial charge in [0.1, 0.15) is 0 Å². The molecule has 0 bridgehead atoms. The summed E-state index contributed by atoms with van der Waals surface area (Å²) in [5, 5.41) is 2.90. The number of benzene rings is 2. The average Bonchev–Trinajstić information content (AvgIpc) is 2.66. The lowest BCUT2D eigenvalue weighted by Crippen LogP contribution is -2.46. The Hall–Kier alpha value is -2.22. The zero-order valence-corrected chi connectivity index (χ0v) is 16.2. The molecule has 0 atom stereocenters. The Morgan fingerprint density at radius 2 is 1.67 bits per heavy atom. The van der Waals surface area contributed by atoms with E-state index >= 15 is 0 Å². The predicted molar refractivity (Wildman–Crippen MR) is 106 cm³/mol. The van der Waals surface area contributed by atoms with Gasteiger partial charge >= 0.3 is 0 Å². The van der Waals surface area contributed by atoms with Crippen LogP contribution in [0, 0.1) is 6.92 Å². The summed E-state index contributed by atoms with van der Waals surface area (Å²) in [6.45, 7) is 3.68. The van der Waals surface area contributed by atoms with Gasteiger partial charge in [-0.05, 0) is 44.0 Å². The Kier molecular flexibility index (Phi) is 6.26. The van der Waals surface area contributed by atoms with Crippen molar-refractivity contribution in [3.63, 3.8) is 0 Å². The Balaban J connectivity index is 1.46. The van der Waals surface area contributed by atoms with Gasteiger partial charge in [0.25, 0.3) is 0 Å². The van der Waals surface area contributed by atoms with Crippen LogP contribution in [0.1, 0.15) is 18.4 Å². The molecule has 1 saturated heterocycles. The maximum Gasteiger partial charge on any atom is 0.240 e. The van der Waals surface area contributed by atoms with Crippen molar-refractivity contribution in [3.8, 4) is 0 Å². The number of carbonyl (C=O) groups is 1. The Bertz CT molecular complexity index is 859. The molecule has 0 aliphatic carbocycles. The summed E-state index contributed by atoms with van der Waals surface area (Å²) < 4.78 is 27.6. The molecule has 2 aromatic carbocycles. The van der Waals surface area contributed by atoms with Gasteiger partial charge in [0, 0.05) is 24.8 Å². The van der Waals surface area contributed by atoms with Crippen molar-refractivity contribution in [2.45, 2.75) is 30.7 Å². The molecule has 1 aliphatic rings. The fourth-order valence-electron chi connectivity index (χ4n) is 3.14. The first-order valence-electron chi connectivity index (χ1n) is 9.09. The molecular formula is C20H25N3O3S. The minimum atomic E-state index is -3.49. The third kappa shape index (κ3) is 5.63. The van der Waals surface area contributed by atoms with E-state index in [4.69, 9.17) is 0 Å². The smallest absolute Gasteiger partial charge is 0.240 e. The van der Waals surface area contributed by atoms with Crippen molar-refractivity contribution in [1.82, 2.24) is 9.62 Å². The summed E-state index contributed by atoms with van der Waals surface area (Å²) in [5.41, 5.74) is 1.93. The quantitative estimate of drug-likeness (QED) is 0.798. The zero-order valence-electron chi connectivity index (χ0n) is 15.4. The fraction of sp³-hybridized carbons (Fsp3) is 0.350. The van der Waals surface area contributed by atoms with E-state index in [1.807, 2.05) is 31.2 Å². The SMILES string of the molecule is Cc1ccc(NC(=O)CN2CCC(NS(=O)(=O)c3ccccc3)CC2)cc1. The first-order chi connectivity index (χ1) is 12.9. The molecule has 2 aromatic rings. The summed E-state index contributed by atoms with van der Waals surface area (Å²) >= 11 is 0. The minimum Gasteiger partial charge on any atom is -0.325 e. The molecule has 27 heavy (non-hydrogen) atoms. The first kappa shape index (κ1) is 19.5. The molecule has 1 amide bonds. The molecule has 0 saturated carbocycles. The standard InChI is InChI=1S/C20H25N3O3S/c1-16-7-9-17(10-8-16)21-20(24)15-23-13-11-18(12-14-23)22-27(25,26)19-5-3-2-4-6-19/h2-10,18,22H,11-15H2,1H3,(H,21,24). The number of anilines is 1. The van der Waals surface area contributed by atoms with E-state index in [0.29, 0.717) is 32.5 Å². The van der Waals surface area contributed by atoms with Crippen molar-refractivity contribution >= 4 is 21.6 Å². The summed E-state index contributed by atoms with van der Waals surface area (Å²) in [6, 6.07) is 16.0. The van der Waals surface area contributed by atoms with E-state index < -0.39 is 10.0 Å². The number of amides is 1. The fourth-order valence-corrected chi connectivity index (χ4v) is 4.46. The van der Waals surface area contributed by atoms with Gasteiger partial charge in [-0.25, -0.2) is 13.1 Å². The highest BCUT2D eigenvalue weighted by Gasteiger charge is 2.25. The normalized spacial score (nSPS) is 16.2. The number of carbonyl (C=O) groups excluding carboxylic acids is 1. The number of sulfonamides is 1. The van der Waals surface area contributed by atoms with Crippen LogP contribution in [0.5, 0.6) is 0 Å². The number of aryl methyl sites for hydroxylation is 1. The third-order valence-corrected chi connectivity index (χ3v) is 6.20. The van der Waals surface area contributed by atoms with Gasteiger partial charge in [0.05, 0.1) is 11.4 Å². The first-order valence-corrected chi connectivity index (χ1v) is 10.6. The van der Waals surface area contributed by atoms with Gasteiger partial charge in [-0.15, -0.1) is 0 Å². The molecule has 0 aromatic heterocycles. The van der Waals surface area contributed by atoms with Crippen LogP contribution >= 0.6 is 0 Å². The number of rotatable bonds is 6. The van der Waals surface area contributed by atoms with Crippen LogP contribution < -0.4 is 10.0 Å². The predicted octanol–water partition coefficient (Wildman–Crippen LogP) is 2.38. The second-order valence-corrected chi connectivity index (χ2v) is 8.61. The molecule has 1 fully saturated rings. The molecule has 1 heterocycles. The number of piperidine rings is 1. The lowest BCUT2D eigenvalue weighted by molar-refractivity contribution is -0.117. The van der Waals surface area contributed by atoms with Crippen molar-refractivity contribution in [1.29, 1.82) is 0 Å². The topological polar surface area (TPSA) is 78.5 Å². The maximum atomic E-state index is 12.4. The van der Waals surface area contributed by atoms with Crippen molar-refractivity contribution in [2.75, 3.05) is 25.0 Å². The lowest BCUT2D eigenvalue weighted by atomic mass is 10.1. The van der Waals surface area contributed by atoms with E-state index in [2.05, 4.69) is 14.9 Å². The van der Waals surface area contributed by atoms with Gasteiger partial charge in [0.15, 0.2) is 0 Å². The van der Waals surface area contributed by atoms with Gasteiger partial charge in [-0.3, -0.25) is 9.69 Å². The van der Waals surface area contributed by atoms with Gasteiger partial charge in [0.2, 0.25) is 15.9 Å². The molecule has 1 aliphatic heterocycles. The molecule has 0 radical (unpaired) electrons. The third-order valence-electron chi connectivity index (χ3n) is 4.67. The maximum absolute atomic E-state index is 12.4. The van der Waals surface area contributed by atoms with E-state index in [1.54, 1.807) is 30.3 Å². The number of nitrogens with one attached hydrogen (secondary N) is 2. The Labute approximate surface area is 160 Å². The van der Waals surface area contributed by atoms with Crippen LogP contribution in [-0.4, -0.2) is 44.9 Å². The second kappa shape index (κ2) is 8.65. The van der Waals surface area contributed by atoms with E-state index in [0.717, 1.165) is 11.3 Å². The highest BCUT2D eigenvalue weighted by molar-refractivity contribution is 7.89. The number of likely N-dealkylation sites (tertiary alicyclic amines) is 1. The van der Waals surface area contributed by atoms with Crippen LogP contribution in [0.2, 0.25) is 0 Å². The zero-order chi connectivity index (χ0) is 19.3. The number of hydrogen-bond acceptors (Lipinski definition) is 4. The van der Waals surface area contributed by atoms with E-state index in [-0.39, 0.29) is 16.8 Å². The van der Waals surface area contributed by atoms with Gasteiger partial charge in [-0.1, -0.05) is 35.9 Å². The monoisotopic (exact) mass is 387 g/mol. The molecule has 3 rings (SSSR count). The highest BCUT2D eigenvalue weighted by atomic mass is 32.2. The van der Waals surface area contributed by atoms with Crippen LogP contribution in [-0.2, 0) is 14.8 Å². The van der Waals surface area contributed by atoms with Crippen molar-refractivity contribution in [2.24, 2.45) is 0 Å². The van der Waals surface area contributed by atoms with Crippen LogP contribution in [0.15, 0.2) is 59.5 Å². The average molecular weight is 388 g/mol. The van der Waals surface area contributed by atoms with Crippen molar-refractivity contribution < 1.29 is 13.2 Å². The Morgan fingerprint density at radius 1 is 1.04 bits per heavy atom. The summed E-state index contributed by atoms with van der Waals surface area (Å²) in [4.78, 5) is 14.5. The molecule has 0 unspecified atom stereocenters. The van der Waals surface area contributed by atoms with Gasteiger partial charge in [-0.2, -0.15) is 0 Å². The molecule has 0 spiro atoms. The van der Waals surface area contributed by atoms with Crippen LogP contribution in [0.25, 0.3) is 0 Å². The van der Waals surface area contributed by atoms with E-state index in [9.17, 15) is 13.2 Å². The van der Waals surface area contributed by atoms with Gasteiger partial charge < -0.3 is 5.32 Å². The van der Waals surface area contributed by atoms with Crippen molar-refractivity contribution in [3.05, 3.63) is 60.2 Å². The van der Waals surface area contributed by atoms with Crippen LogP contribution in [0.4, 0.5) is 5.69 Å². The molecule has 144 valence electrons. The molecular weight excluding hydrogens is 362 g/mol. The molecule has 2 N–H and O–H groups in total. The molecule has 6 nitrogen and oxygen atoms in total. The number of nitrogens with zero attached hydrogens (tertiary/aromatic N) is 1. The minimum absolute atomic E-state index is 0.0535. The lowest BCUT2D eigenvalue weighted by Gasteiger charge is -2.31. The van der Waals surface area contributed by atoms with Crippen LogP contribution in [0.3, 0.4) is 0 Å². The number of hydrogen-bond donors (Lipinski definition) is 2. The Morgan fingerprint density at radius 3 is 2.30 bits per heavy atom. The second-order valence-electron chi connectivity index (χ2n) is 6.90. The summed E-state index contributed by atoms with van der Waals surface area (Å²) in [7, 11) is -3.49. The summed E-state index contributed by atoms with van der Waals surface area (Å²) in [5.74, 6) is -0.0535.